The third-order valence-electron chi connectivity index (χ3n) is 4.76. The highest BCUT2D eigenvalue weighted by atomic mass is 19.1. The third-order valence-corrected chi connectivity index (χ3v) is 4.76. The Labute approximate surface area is 146 Å². The fourth-order valence-corrected chi connectivity index (χ4v) is 3.49. The van der Waals surface area contributed by atoms with Crippen molar-refractivity contribution >= 4 is 5.91 Å². The van der Waals surface area contributed by atoms with Crippen molar-refractivity contribution in [3.05, 3.63) is 95.1 Å². The molecule has 0 unspecified atom stereocenters. The Kier molecular flexibility index (Phi) is 3.88. The molecule has 4 heteroatoms. The monoisotopic (exact) mass is 334 g/mol. The number of nitrogens with zero attached hydrogens (tertiary/aromatic N) is 2. The molecule has 1 atom stereocenters. The van der Waals surface area contributed by atoms with Crippen LogP contribution in [0.3, 0.4) is 0 Å². The van der Waals surface area contributed by atoms with E-state index in [0.717, 1.165) is 17.8 Å². The van der Waals surface area contributed by atoms with Crippen LogP contribution in [0.4, 0.5) is 4.39 Å². The second kappa shape index (κ2) is 6.20. The highest BCUT2D eigenvalue weighted by Gasteiger charge is 2.32. The first kappa shape index (κ1) is 15.6. The predicted octanol–water partition coefficient (Wildman–Crippen LogP) is 4.18. The third kappa shape index (κ3) is 2.84. The molecule has 4 rings (SSSR count). The van der Waals surface area contributed by atoms with Gasteiger partial charge in [0, 0.05) is 30.5 Å². The van der Waals surface area contributed by atoms with Crippen LogP contribution in [0.15, 0.2) is 66.9 Å². The van der Waals surface area contributed by atoms with Crippen LogP contribution in [0.5, 0.6) is 0 Å². The number of fused-ring (bicyclic) bond motifs is 1. The first-order chi connectivity index (χ1) is 12.1. The molecule has 3 aromatic rings. The lowest BCUT2D eigenvalue weighted by atomic mass is 9.98. The van der Waals surface area contributed by atoms with E-state index in [9.17, 15) is 9.18 Å². The lowest BCUT2D eigenvalue weighted by Crippen LogP contribution is -2.42. The number of amides is 1. The molecule has 0 radical (unpaired) electrons. The number of carbonyl (C=O) groups excluding carboxylic acids is 1. The zero-order valence-electron chi connectivity index (χ0n) is 14.0. The lowest BCUT2D eigenvalue weighted by Gasteiger charge is -2.37. The summed E-state index contributed by atoms with van der Waals surface area (Å²) in [6, 6.07) is 18.1. The molecule has 1 amide bonds. The summed E-state index contributed by atoms with van der Waals surface area (Å²) in [5, 5.41) is 0. The molecular formula is C21H19FN2O. The van der Waals surface area contributed by atoms with Crippen molar-refractivity contribution in [3.63, 3.8) is 0 Å². The summed E-state index contributed by atoms with van der Waals surface area (Å²) in [4.78, 5) is 14.9. The van der Waals surface area contributed by atoms with E-state index in [-0.39, 0.29) is 11.9 Å². The molecule has 1 aliphatic rings. The Balaban J connectivity index is 1.78. The number of rotatable bonds is 2. The summed E-state index contributed by atoms with van der Waals surface area (Å²) in [5.41, 5.74) is 3.71. The van der Waals surface area contributed by atoms with Crippen LogP contribution in [0, 0.1) is 12.7 Å². The second-order valence-electron chi connectivity index (χ2n) is 6.45. The van der Waals surface area contributed by atoms with Gasteiger partial charge in [0.25, 0.3) is 5.91 Å². The van der Waals surface area contributed by atoms with E-state index in [1.165, 1.54) is 17.7 Å². The van der Waals surface area contributed by atoms with Gasteiger partial charge in [-0.2, -0.15) is 0 Å². The number of aromatic nitrogens is 1. The van der Waals surface area contributed by atoms with Gasteiger partial charge in [0.1, 0.15) is 5.82 Å². The van der Waals surface area contributed by atoms with Crippen LogP contribution >= 0.6 is 0 Å². The number of benzene rings is 2. The molecule has 126 valence electrons. The van der Waals surface area contributed by atoms with E-state index in [0.29, 0.717) is 12.1 Å². The van der Waals surface area contributed by atoms with E-state index < -0.39 is 5.82 Å². The van der Waals surface area contributed by atoms with E-state index in [1.807, 2.05) is 24.1 Å². The smallest absolute Gasteiger partial charge is 0.254 e. The lowest BCUT2D eigenvalue weighted by molar-refractivity contribution is 0.0663. The van der Waals surface area contributed by atoms with Crippen LogP contribution in [0.1, 0.15) is 33.2 Å². The zero-order chi connectivity index (χ0) is 17.4. The first-order valence-corrected chi connectivity index (χ1v) is 8.41. The minimum atomic E-state index is -0.391. The largest absolute Gasteiger partial charge is 0.348 e. The molecule has 0 bridgehead atoms. The molecule has 0 saturated heterocycles. The summed E-state index contributed by atoms with van der Waals surface area (Å²) in [5.74, 6) is -0.532. The minimum absolute atomic E-state index is 0.141. The molecule has 0 fully saturated rings. The maximum Gasteiger partial charge on any atom is 0.254 e. The molecule has 0 saturated carbocycles. The average Bonchev–Trinajstić information content (AvgIpc) is 3.10. The van der Waals surface area contributed by atoms with Gasteiger partial charge in [-0.1, -0.05) is 35.9 Å². The predicted molar refractivity (Wildman–Crippen MR) is 94.9 cm³/mol. The van der Waals surface area contributed by atoms with E-state index in [4.69, 9.17) is 0 Å². The van der Waals surface area contributed by atoms with Crippen molar-refractivity contribution in [2.75, 3.05) is 6.54 Å². The van der Waals surface area contributed by atoms with Gasteiger partial charge in [-0.3, -0.25) is 4.79 Å². The quantitative estimate of drug-likeness (QED) is 0.690. The summed E-state index contributed by atoms with van der Waals surface area (Å²) < 4.78 is 15.8. The van der Waals surface area contributed by atoms with Crippen LogP contribution < -0.4 is 0 Å². The normalized spacial score (nSPS) is 16.6. The maximum atomic E-state index is 13.6. The number of halogens is 1. The molecular weight excluding hydrogens is 315 g/mol. The zero-order valence-corrected chi connectivity index (χ0v) is 14.0. The number of carbonyl (C=O) groups is 1. The van der Waals surface area contributed by atoms with Crippen molar-refractivity contribution in [2.45, 2.75) is 19.5 Å². The Morgan fingerprint density at radius 2 is 1.84 bits per heavy atom. The molecule has 1 aliphatic heterocycles. The van der Waals surface area contributed by atoms with Crippen molar-refractivity contribution in [2.24, 2.45) is 0 Å². The Morgan fingerprint density at radius 1 is 1.04 bits per heavy atom. The summed E-state index contributed by atoms with van der Waals surface area (Å²) in [6.45, 7) is 3.38. The van der Waals surface area contributed by atoms with Gasteiger partial charge in [-0.05, 0) is 42.8 Å². The average molecular weight is 334 g/mol. The van der Waals surface area contributed by atoms with E-state index in [1.54, 1.807) is 12.1 Å². The standard InChI is InChI=1S/C21H19FN2O/c1-15-7-9-16(10-8-15)20-19-6-3-11-23(19)12-13-24(20)21(25)17-4-2-5-18(22)14-17/h2-11,14,20H,12-13H2,1H3/t20-/m1/s1. The SMILES string of the molecule is Cc1ccc([C@@H]2c3cccn3CCN2C(=O)c2cccc(F)c2)cc1. The van der Waals surface area contributed by atoms with E-state index >= 15 is 0 Å². The maximum absolute atomic E-state index is 13.6. The number of hydrogen-bond donors (Lipinski definition) is 0. The summed E-state index contributed by atoms with van der Waals surface area (Å²) in [6.07, 6.45) is 2.04. The molecule has 2 aromatic carbocycles. The van der Waals surface area contributed by atoms with E-state index in [2.05, 4.69) is 34.9 Å². The number of aryl methyl sites for hydroxylation is 1. The van der Waals surface area contributed by atoms with Crippen LogP contribution in [-0.2, 0) is 6.54 Å². The highest BCUT2D eigenvalue weighted by Crippen LogP contribution is 2.33. The van der Waals surface area contributed by atoms with Crippen molar-refractivity contribution in [1.82, 2.24) is 9.47 Å². The van der Waals surface area contributed by atoms with Crippen LogP contribution in [0.25, 0.3) is 0 Å². The fourth-order valence-electron chi connectivity index (χ4n) is 3.49. The molecule has 25 heavy (non-hydrogen) atoms. The molecule has 1 aromatic heterocycles. The van der Waals surface area contributed by atoms with Gasteiger partial charge in [0.15, 0.2) is 0 Å². The molecule has 3 nitrogen and oxygen atoms in total. The van der Waals surface area contributed by atoms with Gasteiger partial charge in [-0.25, -0.2) is 4.39 Å². The molecule has 0 N–H and O–H groups in total. The second-order valence-corrected chi connectivity index (χ2v) is 6.45. The first-order valence-electron chi connectivity index (χ1n) is 8.41. The van der Waals surface area contributed by atoms with Gasteiger partial charge in [0.05, 0.1) is 6.04 Å². The molecule has 0 spiro atoms. The van der Waals surface area contributed by atoms with Gasteiger partial charge in [-0.15, -0.1) is 0 Å². The molecule has 2 heterocycles. The van der Waals surface area contributed by atoms with Gasteiger partial charge in [0.2, 0.25) is 0 Å². The topological polar surface area (TPSA) is 25.2 Å². The Morgan fingerprint density at radius 3 is 2.60 bits per heavy atom. The van der Waals surface area contributed by atoms with Crippen molar-refractivity contribution in [1.29, 1.82) is 0 Å². The van der Waals surface area contributed by atoms with Gasteiger partial charge >= 0.3 is 0 Å². The Hall–Kier alpha value is -2.88. The Bertz CT molecular complexity index is 914. The van der Waals surface area contributed by atoms with Crippen molar-refractivity contribution < 1.29 is 9.18 Å². The van der Waals surface area contributed by atoms with Crippen molar-refractivity contribution in [3.8, 4) is 0 Å². The minimum Gasteiger partial charge on any atom is -0.348 e. The van der Waals surface area contributed by atoms with Crippen LogP contribution in [0.2, 0.25) is 0 Å². The summed E-state index contributed by atoms with van der Waals surface area (Å²) >= 11 is 0. The number of hydrogen-bond acceptors (Lipinski definition) is 1. The van der Waals surface area contributed by atoms with Gasteiger partial charge < -0.3 is 9.47 Å². The highest BCUT2D eigenvalue weighted by molar-refractivity contribution is 5.94. The fraction of sp³-hybridized carbons (Fsp3) is 0.190. The molecule has 0 aliphatic carbocycles. The van der Waals surface area contributed by atoms with Crippen LogP contribution in [-0.4, -0.2) is 21.9 Å². The summed E-state index contributed by atoms with van der Waals surface area (Å²) in [7, 11) is 0.